The summed E-state index contributed by atoms with van der Waals surface area (Å²) in [4.78, 5) is 16.1. The van der Waals surface area contributed by atoms with E-state index in [2.05, 4.69) is 17.2 Å². The molecule has 0 aromatic rings. The lowest BCUT2D eigenvalue weighted by Gasteiger charge is -2.31. The molecule has 0 radical (unpaired) electrons. The molecule has 0 aromatic heterocycles. The van der Waals surface area contributed by atoms with Gasteiger partial charge in [-0.15, -0.1) is 0 Å². The summed E-state index contributed by atoms with van der Waals surface area (Å²) in [6.45, 7) is 4.07. The fourth-order valence-corrected chi connectivity index (χ4v) is 4.64. The van der Waals surface area contributed by atoms with Crippen molar-refractivity contribution in [3.05, 3.63) is 0 Å². The summed E-state index contributed by atoms with van der Waals surface area (Å²) >= 11 is 1.64. The van der Waals surface area contributed by atoms with Gasteiger partial charge in [0.15, 0.2) is 5.17 Å². The molecule has 0 aromatic carbocycles. The maximum absolute atomic E-state index is 11.9. The second-order valence-electron chi connectivity index (χ2n) is 6.11. The number of amidine groups is 1. The van der Waals surface area contributed by atoms with Crippen LogP contribution >= 0.6 is 11.8 Å². The fourth-order valence-electron chi connectivity index (χ4n) is 3.62. The fraction of sp³-hybridized carbons (Fsp3) is 0.857. The number of hydrogen-bond acceptors (Lipinski definition) is 3. The highest BCUT2D eigenvalue weighted by atomic mass is 32.2. The Bertz CT molecular complexity index is 379. The Hall–Kier alpha value is -0.510. The summed E-state index contributed by atoms with van der Waals surface area (Å²) in [6.07, 6.45) is 7.66. The van der Waals surface area contributed by atoms with E-state index in [1.54, 1.807) is 11.8 Å². The molecule has 3 aliphatic rings. The molecule has 0 saturated heterocycles. The molecule has 100 valence electrons. The van der Waals surface area contributed by atoms with Crippen LogP contribution in [0.2, 0.25) is 0 Å². The van der Waals surface area contributed by atoms with E-state index in [-0.39, 0.29) is 10.7 Å². The second-order valence-corrected chi connectivity index (χ2v) is 7.60. The monoisotopic (exact) mass is 266 g/mol. The minimum atomic E-state index is -0.323. The minimum Gasteiger partial charge on any atom is -0.361 e. The molecule has 18 heavy (non-hydrogen) atoms. The van der Waals surface area contributed by atoms with Crippen molar-refractivity contribution in [2.45, 2.75) is 63.2 Å². The van der Waals surface area contributed by atoms with Gasteiger partial charge >= 0.3 is 0 Å². The Morgan fingerprint density at radius 1 is 1.33 bits per heavy atom. The first-order valence-electron chi connectivity index (χ1n) is 7.21. The van der Waals surface area contributed by atoms with Crippen molar-refractivity contribution in [3.8, 4) is 0 Å². The van der Waals surface area contributed by atoms with Crippen LogP contribution in [0, 0.1) is 11.8 Å². The van der Waals surface area contributed by atoms with Crippen LogP contribution in [0.3, 0.4) is 0 Å². The van der Waals surface area contributed by atoms with Crippen LogP contribution in [-0.2, 0) is 4.79 Å². The lowest BCUT2D eigenvalue weighted by molar-refractivity contribution is -0.119. The molecule has 2 bridgehead atoms. The molecule has 1 aliphatic heterocycles. The van der Waals surface area contributed by atoms with Gasteiger partial charge in [-0.3, -0.25) is 4.79 Å². The third kappa shape index (κ3) is 1.98. The van der Waals surface area contributed by atoms with Crippen LogP contribution in [0.1, 0.15) is 52.4 Å². The molecule has 3 atom stereocenters. The molecule has 4 heteroatoms. The van der Waals surface area contributed by atoms with Gasteiger partial charge in [-0.1, -0.05) is 25.1 Å². The highest BCUT2D eigenvalue weighted by molar-refractivity contribution is 8.16. The lowest BCUT2D eigenvalue weighted by Crippen LogP contribution is -2.42. The molecule has 1 N–H and O–H groups in total. The van der Waals surface area contributed by atoms with Gasteiger partial charge in [-0.2, -0.15) is 4.99 Å². The van der Waals surface area contributed by atoms with Crippen LogP contribution in [-0.4, -0.2) is 21.9 Å². The van der Waals surface area contributed by atoms with Gasteiger partial charge in [0.05, 0.1) is 0 Å². The molecule has 3 nitrogen and oxygen atoms in total. The zero-order valence-electron chi connectivity index (χ0n) is 11.2. The molecule has 2 saturated carbocycles. The maximum Gasteiger partial charge on any atom is 0.264 e. The molecule has 1 heterocycles. The maximum atomic E-state index is 11.9. The Morgan fingerprint density at radius 3 is 2.56 bits per heavy atom. The number of rotatable bonds is 2. The normalized spacial score (nSPS) is 43.1. The number of aliphatic imine (C=N–C) groups is 1. The molecular weight excluding hydrogens is 244 g/mol. The van der Waals surface area contributed by atoms with Crippen LogP contribution in [0.15, 0.2) is 4.99 Å². The Balaban J connectivity index is 1.68. The number of carbonyl (C=O) groups excluding carboxylic acids is 1. The summed E-state index contributed by atoms with van der Waals surface area (Å²) in [5.74, 6) is 1.67. The SMILES string of the molecule is CCC1(C)SC(NC2C3CCCC2CC3)=NC1=O. The van der Waals surface area contributed by atoms with Gasteiger partial charge in [-0.05, 0) is 50.9 Å². The third-order valence-corrected chi connectivity index (χ3v) is 6.33. The molecule has 1 amide bonds. The Labute approximate surface area is 113 Å². The number of thioether (sulfide) groups is 1. The zero-order chi connectivity index (χ0) is 12.8. The summed E-state index contributed by atoms with van der Waals surface area (Å²) < 4.78 is -0.323. The zero-order valence-corrected chi connectivity index (χ0v) is 12.1. The van der Waals surface area contributed by atoms with Crippen LogP contribution in [0.25, 0.3) is 0 Å². The minimum absolute atomic E-state index is 0.0423. The van der Waals surface area contributed by atoms with E-state index in [1.165, 1.54) is 32.1 Å². The van der Waals surface area contributed by atoms with E-state index >= 15 is 0 Å². The van der Waals surface area contributed by atoms with E-state index in [0.29, 0.717) is 6.04 Å². The number of carbonyl (C=O) groups is 1. The molecule has 2 aliphatic carbocycles. The topological polar surface area (TPSA) is 41.5 Å². The molecule has 3 rings (SSSR count). The van der Waals surface area contributed by atoms with Crippen LogP contribution in [0.5, 0.6) is 0 Å². The van der Waals surface area contributed by atoms with E-state index in [1.807, 2.05) is 6.92 Å². The van der Waals surface area contributed by atoms with E-state index in [0.717, 1.165) is 23.4 Å². The summed E-state index contributed by atoms with van der Waals surface area (Å²) in [5, 5.41) is 4.47. The van der Waals surface area contributed by atoms with Crippen molar-refractivity contribution < 1.29 is 4.79 Å². The lowest BCUT2D eigenvalue weighted by atomic mass is 9.84. The van der Waals surface area contributed by atoms with Crippen molar-refractivity contribution in [2.75, 3.05) is 0 Å². The van der Waals surface area contributed by atoms with Gasteiger partial charge in [0.25, 0.3) is 5.91 Å². The van der Waals surface area contributed by atoms with Crippen molar-refractivity contribution in [1.82, 2.24) is 5.32 Å². The second kappa shape index (κ2) is 4.55. The van der Waals surface area contributed by atoms with Crippen LogP contribution in [0.4, 0.5) is 0 Å². The van der Waals surface area contributed by atoms with Gasteiger partial charge in [0, 0.05) is 6.04 Å². The van der Waals surface area contributed by atoms with Gasteiger partial charge < -0.3 is 5.32 Å². The average molecular weight is 266 g/mol. The quantitative estimate of drug-likeness (QED) is 0.835. The predicted molar refractivity (Wildman–Crippen MR) is 75.7 cm³/mol. The van der Waals surface area contributed by atoms with E-state index in [4.69, 9.17) is 0 Å². The Kier molecular flexibility index (Phi) is 3.16. The van der Waals surface area contributed by atoms with Gasteiger partial charge in [0.2, 0.25) is 0 Å². The number of nitrogens with zero attached hydrogens (tertiary/aromatic N) is 1. The number of fused-ring (bicyclic) bond motifs is 2. The highest BCUT2D eigenvalue weighted by Crippen LogP contribution is 2.43. The number of amides is 1. The summed E-state index contributed by atoms with van der Waals surface area (Å²) in [7, 11) is 0. The highest BCUT2D eigenvalue weighted by Gasteiger charge is 2.43. The average Bonchev–Trinajstić information content (AvgIpc) is 2.74. The number of hydrogen-bond donors (Lipinski definition) is 1. The van der Waals surface area contributed by atoms with E-state index < -0.39 is 0 Å². The first-order valence-corrected chi connectivity index (χ1v) is 8.03. The number of nitrogens with one attached hydrogen (secondary N) is 1. The van der Waals surface area contributed by atoms with Crippen molar-refractivity contribution in [3.63, 3.8) is 0 Å². The van der Waals surface area contributed by atoms with Gasteiger partial charge in [0.1, 0.15) is 4.75 Å². The standard InChI is InChI=1S/C14H22N2OS/c1-3-14(2)12(17)16-13(18-14)15-11-9-5-4-6-10(11)8-7-9/h9-11H,3-8H2,1-2H3,(H,15,16,17). The smallest absolute Gasteiger partial charge is 0.264 e. The van der Waals surface area contributed by atoms with Crippen molar-refractivity contribution in [2.24, 2.45) is 16.8 Å². The summed E-state index contributed by atoms with van der Waals surface area (Å²) in [5.41, 5.74) is 0. The molecule has 3 unspecified atom stereocenters. The predicted octanol–water partition coefficient (Wildman–Crippen LogP) is 2.95. The first kappa shape index (κ1) is 12.5. The molecule has 0 spiro atoms. The molecular formula is C14H22N2OS. The summed E-state index contributed by atoms with van der Waals surface area (Å²) in [6, 6.07) is 0.581. The third-order valence-electron chi connectivity index (χ3n) is 5.02. The van der Waals surface area contributed by atoms with Crippen molar-refractivity contribution in [1.29, 1.82) is 0 Å². The Morgan fingerprint density at radius 2 is 2.00 bits per heavy atom. The van der Waals surface area contributed by atoms with Gasteiger partial charge in [-0.25, -0.2) is 0 Å². The van der Waals surface area contributed by atoms with Crippen LogP contribution < -0.4 is 5.32 Å². The van der Waals surface area contributed by atoms with Crippen molar-refractivity contribution >= 4 is 22.8 Å². The largest absolute Gasteiger partial charge is 0.361 e. The first-order chi connectivity index (χ1) is 8.62. The molecule has 2 fully saturated rings. The van der Waals surface area contributed by atoms with E-state index in [9.17, 15) is 4.79 Å².